The van der Waals surface area contributed by atoms with E-state index in [4.69, 9.17) is 0 Å². The second-order valence-electron chi connectivity index (χ2n) is 4.09. The minimum absolute atomic E-state index is 0.246. The maximum Gasteiger partial charge on any atom is 0.0946 e. The highest BCUT2D eigenvalue weighted by atomic mass is 79.9. The Balaban J connectivity index is 2.84. The zero-order chi connectivity index (χ0) is 10.8. The largest absolute Gasteiger partial charge is 0.120 e. The van der Waals surface area contributed by atoms with Crippen molar-refractivity contribution in [2.24, 2.45) is 0 Å². The van der Waals surface area contributed by atoms with Crippen LogP contribution < -0.4 is 0 Å². The predicted molar refractivity (Wildman–Crippen MR) is 72.6 cm³/mol. The van der Waals surface area contributed by atoms with Crippen molar-refractivity contribution in [2.45, 2.75) is 34.2 Å². The zero-order valence-electron chi connectivity index (χ0n) is 8.55. The van der Waals surface area contributed by atoms with Gasteiger partial charge in [0.1, 0.15) is 0 Å². The summed E-state index contributed by atoms with van der Waals surface area (Å²) in [7, 11) is 0. The van der Waals surface area contributed by atoms with Crippen LogP contribution in [0, 0.1) is 0 Å². The highest BCUT2D eigenvalue weighted by molar-refractivity contribution is 9.24. The minimum atomic E-state index is 0.246. The van der Waals surface area contributed by atoms with Crippen LogP contribution in [0.5, 0.6) is 0 Å². The Hall–Kier alpha value is 0.530. The van der Waals surface area contributed by atoms with Crippen molar-refractivity contribution in [1.82, 2.24) is 0 Å². The molecule has 0 saturated carbocycles. The number of benzene rings is 1. The van der Waals surface area contributed by atoms with E-state index in [0.717, 1.165) is 0 Å². The molecule has 3 heteroatoms. The first-order valence-corrected chi connectivity index (χ1v) is 7.10. The zero-order valence-corrected chi connectivity index (χ0v) is 12.5. The minimum Gasteiger partial charge on any atom is -0.120 e. The van der Waals surface area contributed by atoms with E-state index in [1.54, 1.807) is 0 Å². The van der Waals surface area contributed by atoms with Gasteiger partial charge in [0, 0.05) is 9.64 Å². The lowest BCUT2D eigenvalue weighted by atomic mass is 10.2. The molecule has 0 unspecified atom stereocenters. The van der Waals surface area contributed by atoms with Crippen LogP contribution in [0.15, 0.2) is 29.2 Å². The predicted octanol–water partition coefficient (Wildman–Crippen LogP) is 5.37. The molecule has 0 aromatic heterocycles. The number of rotatable bonds is 2. The van der Waals surface area contributed by atoms with Crippen molar-refractivity contribution in [2.75, 3.05) is 0 Å². The lowest BCUT2D eigenvalue weighted by Crippen LogP contribution is -2.06. The van der Waals surface area contributed by atoms with Crippen LogP contribution in [0.25, 0.3) is 0 Å². The Labute approximate surface area is 107 Å². The van der Waals surface area contributed by atoms with Crippen LogP contribution in [-0.4, -0.2) is 4.75 Å². The van der Waals surface area contributed by atoms with Gasteiger partial charge in [-0.05, 0) is 17.7 Å². The molecule has 0 spiro atoms. The van der Waals surface area contributed by atoms with Gasteiger partial charge in [-0.2, -0.15) is 0 Å². The van der Waals surface area contributed by atoms with Gasteiger partial charge in [-0.25, -0.2) is 0 Å². The van der Waals surface area contributed by atoms with Crippen LogP contribution in [0.4, 0.5) is 0 Å². The molecule has 0 nitrogen and oxygen atoms in total. The number of hydrogen-bond donors (Lipinski definition) is 0. The monoisotopic (exact) mass is 336 g/mol. The summed E-state index contributed by atoms with van der Waals surface area (Å²) in [5.41, 5.74) is 1.26. The first-order chi connectivity index (χ1) is 6.38. The first-order valence-electron chi connectivity index (χ1n) is 4.45. The van der Waals surface area contributed by atoms with Gasteiger partial charge in [-0.3, -0.25) is 0 Å². The van der Waals surface area contributed by atoms with Crippen molar-refractivity contribution >= 4 is 43.6 Å². The molecule has 0 aliphatic rings. The van der Waals surface area contributed by atoms with Gasteiger partial charge in [-0.15, -0.1) is 11.8 Å². The second-order valence-corrected chi connectivity index (χ2v) is 9.05. The van der Waals surface area contributed by atoms with E-state index in [1.807, 2.05) is 11.8 Å². The van der Waals surface area contributed by atoms with Gasteiger partial charge < -0.3 is 0 Å². The molecule has 0 aliphatic carbocycles. The average Bonchev–Trinajstić information content (AvgIpc) is 2.01. The van der Waals surface area contributed by atoms with E-state index in [-0.39, 0.29) is 8.48 Å². The number of hydrogen-bond acceptors (Lipinski definition) is 1. The molecule has 0 saturated heterocycles. The molecule has 0 radical (unpaired) electrons. The molecule has 0 aliphatic heterocycles. The van der Waals surface area contributed by atoms with Gasteiger partial charge >= 0.3 is 0 Å². The average molecular weight is 338 g/mol. The highest BCUT2D eigenvalue weighted by Gasteiger charge is 2.12. The maximum absolute atomic E-state index is 3.50. The molecule has 14 heavy (non-hydrogen) atoms. The summed E-state index contributed by atoms with van der Waals surface area (Å²) >= 11 is 8.90. The normalized spacial score (nSPS) is 12.1. The van der Waals surface area contributed by atoms with Crippen LogP contribution in [0.2, 0.25) is 0 Å². The van der Waals surface area contributed by atoms with Crippen LogP contribution in [0.3, 0.4) is 0 Å². The number of thioether (sulfide) groups is 1. The molecule has 1 rings (SSSR count). The van der Waals surface area contributed by atoms with E-state index in [9.17, 15) is 0 Å². The third-order valence-corrected chi connectivity index (χ3v) is 3.69. The third kappa shape index (κ3) is 4.37. The van der Waals surface area contributed by atoms with Crippen LogP contribution >= 0.6 is 43.6 Å². The van der Waals surface area contributed by atoms with E-state index >= 15 is 0 Å². The Bertz CT molecular complexity index is 302. The van der Waals surface area contributed by atoms with E-state index < -0.39 is 0 Å². The molecular weight excluding hydrogens is 324 g/mol. The quantitative estimate of drug-likeness (QED) is 0.516. The van der Waals surface area contributed by atoms with Crippen molar-refractivity contribution in [3.05, 3.63) is 29.8 Å². The summed E-state index contributed by atoms with van der Waals surface area (Å²) in [6.07, 6.45) is 0. The van der Waals surface area contributed by atoms with Crippen molar-refractivity contribution in [1.29, 1.82) is 0 Å². The molecule has 0 atom stereocenters. The molecule has 0 bridgehead atoms. The van der Waals surface area contributed by atoms with E-state index in [0.29, 0.717) is 0 Å². The number of halogens is 2. The van der Waals surface area contributed by atoms with Crippen LogP contribution in [-0.2, 0) is 0 Å². The van der Waals surface area contributed by atoms with Crippen LogP contribution in [0.1, 0.15) is 30.1 Å². The Morgan fingerprint density at radius 1 is 1.21 bits per heavy atom. The van der Waals surface area contributed by atoms with Crippen molar-refractivity contribution in [3.8, 4) is 0 Å². The fourth-order valence-electron chi connectivity index (χ4n) is 1.07. The maximum atomic E-state index is 3.50. The summed E-state index contributed by atoms with van der Waals surface area (Å²) in [6, 6.07) is 8.58. The van der Waals surface area contributed by atoms with Gasteiger partial charge in [-0.1, -0.05) is 64.8 Å². The van der Waals surface area contributed by atoms with Gasteiger partial charge in [0.2, 0.25) is 0 Å². The molecule has 0 heterocycles. The van der Waals surface area contributed by atoms with Gasteiger partial charge in [0.15, 0.2) is 0 Å². The molecule has 0 fully saturated rings. The van der Waals surface area contributed by atoms with Gasteiger partial charge in [0.05, 0.1) is 3.74 Å². The Morgan fingerprint density at radius 2 is 1.86 bits per heavy atom. The van der Waals surface area contributed by atoms with E-state index in [2.05, 4.69) is 76.9 Å². The smallest absolute Gasteiger partial charge is 0.0946 e. The SMILES string of the molecule is CC(C)(C)Sc1cccc(C(Br)Br)c1. The van der Waals surface area contributed by atoms with Crippen molar-refractivity contribution < 1.29 is 0 Å². The summed E-state index contributed by atoms with van der Waals surface area (Å²) in [5, 5.41) is 0. The summed E-state index contributed by atoms with van der Waals surface area (Å²) in [5.74, 6) is 0. The molecule has 0 amide bonds. The standard InChI is InChI=1S/C11H14Br2S/c1-11(2,3)14-9-6-4-5-8(7-9)10(12)13/h4-7,10H,1-3H3. The second kappa shape index (κ2) is 5.04. The van der Waals surface area contributed by atoms with Crippen molar-refractivity contribution in [3.63, 3.8) is 0 Å². The fraction of sp³-hybridized carbons (Fsp3) is 0.455. The Kier molecular flexibility index (Phi) is 4.54. The molecule has 0 N–H and O–H groups in total. The summed E-state index contributed by atoms with van der Waals surface area (Å²) < 4.78 is 0.516. The lowest BCUT2D eigenvalue weighted by Gasteiger charge is -2.18. The van der Waals surface area contributed by atoms with Gasteiger partial charge in [0.25, 0.3) is 0 Å². The lowest BCUT2D eigenvalue weighted by molar-refractivity contribution is 0.803. The first kappa shape index (κ1) is 12.6. The molecular formula is C11H14Br2S. The highest BCUT2D eigenvalue weighted by Crippen LogP contribution is 2.35. The molecule has 1 aromatic rings. The number of alkyl halides is 2. The van der Waals surface area contributed by atoms with E-state index in [1.165, 1.54) is 10.5 Å². The summed E-state index contributed by atoms with van der Waals surface area (Å²) in [6.45, 7) is 6.68. The third-order valence-electron chi connectivity index (χ3n) is 1.53. The fourth-order valence-corrected chi connectivity index (χ4v) is 2.69. The summed E-state index contributed by atoms with van der Waals surface area (Å²) in [4.78, 5) is 1.32. The topological polar surface area (TPSA) is 0 Å². The molecule has 1 aromatic carbocycles. The molecule has 78 valence electrons. The Morgan fingerprint density at radius 3 is 2.36 bits per heavy atom.